The summed E-state index contributed by atoms with van der Waals surface area (Å²) in [6.45, 7) is 1.25. The lowest BCUT2D eigenvalue weighted by Gasteiger charge is -2.12. The number of rotatable bonds is 6. The van der Waals surface area contributed by atoms with Gasteiger partial charge in [-0.3, -0.25) is 4.79 Å². The number of fused-ring (bicyclic) bond motifs is 5. The Balaban J connectivity index is 1.39. The summed E-state index contributed by atoms with van der Waals surface area (Å²) in [7, 11) is 1.65. The van der Waals surface area contributed by atoms with Crippen LogP contribution in [0.25, 0.3) is 0 Å². The Morgan fingerprint density at radius 1 is 1.39 bits per heavy atom. The summed E-state index contributed by atoms with van der Waals surface area (Å²) < 4.78 is 4.98. The van der Waals surface area contributed by atoms with Gasteiger partial charge in [0.05, 0.1) is 6.61 Å². The number of carbonyl (C=O) groups is 1. The van der Waals surface area contributed by atoms with E-state index < -0.39 is 0 Å². The van der Waals surface area contributed by atoms with E-state index in [0.29, 0.717) is 19.1 Å². The average molecular weight is 252 g/mol. The van der Waals surface area contributed by atoms with E-state index in [1.807, 2.05) is 0 Å². The molecule has 3 fully saturated rings. The van der Waals surface area contributed by atoms with Crippen LogP contribution in [0.1, 0.15) is 25.7 Å². The van der Waals surface area contributed by atoms with E-state index in [2.05, 4.69) is 5.32 Å². The van der Waals surface area contributed by atoms with Crippen molar-refractivity contribution in [1.82, 2.24) is 5.32 Å². The third kappa shape index (κ3) is 2.05. The van der Waals surface area contributed by atoms with Crippen LogP contribution >= 0.6 is 0 Å². The second-order valence-corrected chi connectivity index (χ2v) is 6.31. The molecule has 1 amide bonds. The topological polar surface area (TPSA) is 64.3 Å². The van der Waals surface area contributed by atoms with Gasteiger partial charge in [-0.05, 0) is 49.4 Å². The van der Waals surface area contributed by atoms with Gasteiger partial charge in [-0.25, -0.2) is 0 Å². The van der Waals surface area contributed by atoms with E-state index >= 15 is 0 Å². The summed E-state index contributed by atoms with van der Waals surface area (Å²) in [6, 6.07) is 0.0326. The summed E-state index contributed by atoms with van der Waals surface area (Å²) >= 11 is 0. The largest absolute Gasteiger partial charge is 0.383 e. The molecule has 2 bridgehead atoms. The van der Waals surface area contributed by atoms with E-state index in [0.717, 1.165) is 30.1 Å². The molecule has 0 aromatic carbocycles. The highest BCUT2D eigenvalue weighted by Gasteiger charge is 2.67. The average Bonchev–Trinajstić information content (AvgIpc) is 2.79. The fourth-order valence-corrected chi connectivity index (χ4v) is 4.47. The predicted octanol–water partition coefficient (Wildman–Crippen LogP) is 0.759. The van der Waals surface area contributed by atoms with Crippen molar-refractivity contribution in [2.45, 2.75) is 31.7 Å². The van der Waals surface area contributed by atoms with Crippen LogP contribution in [0.2, 0.25) is 0 Å². The monoisotopic (exact) mass is 252 g/mol. The maximum Gasteiger partial charge on any atom is 0.223 e. The molecule has 0 spiro atoms. The Labute approximate surface area is 109 Å². The zero-order valence-corrected chi connectivity index (χ0v) is 11.1. The van der Waals surface area contributed by atoms with Crippen molar-refractivity contribution in [2.75, 3.05) is 20.3 Å². The number of carbonyl (C=O) groups excluding carboxylic acids is 1. The van der Waals surface area contributed by atoms with E-state index in [1.54, 1.807) is 7.11 Å². The smallest absolute Gasteiger partial charge is 0.223 e. The van der Waals surface area contributed by atoms with Crippen LogP contribution in [0, 0.1) is 29.6 Å². The third-order valence-corrected chi connectivity index (χ3v) is 5.23. The fourth-order valence-electron chi connectivity index (χ4n) is 4.47. The lowest BCUT2D eigenvalue weighted by Crippen LogP contribution is -2.34. The second-order valence-electron chi connectivity index (χ2n) is 6.31. The molecule has 3 aliphatic rings. The number of ether oxygens (including phenoxy) is 1. The normalized spacial score (nSPS) is 41.6. The molecule has 18 heavy (non-hydrogen) atoms. The summed E-state index contributed by atoms with van der Waals surface area (Å²) in [5.41, 5.74) is 5.83. The molecule has 3 saturated carbocycles. The van der Waals surface area contributed by atoms with Crippen molar-refractivity contribution in [3.63, 3.8) is 0 Å². The van der Waals surface area contributed by atoms with Crippen molar-refractivity contribution < 1.29 is 9.53 Å². The molecule has 0 aromatic heterocycles. The van der Waals surface area contributed by atoms with E-state index in [1.165, 1.54) is 19.3 Å². The first-order chi connectivity index (χ1) is 8.72. The Bertz CT molecular complexity index is 318. The summed E-state index contributed by atoms with van der Waals surface area (Å²) in [6.07, 6.45) is 4.94. The summed E-state index contributed by atoms with van der Waals surface area (Å²) in [5, 5.41) is 3.06. The van der Waals surface area contributed by atoms with E-state index in [4.69, 9.17) is 10.5 Å². The maximum absolute atomic E-state index is 12.1. The van der Waals surface area contributed by atoms with Crippen molar-refractivity contribution in [3.8, 4) is 0 Å². The minimum atomic E-state index is 0.0326. The lowest BCUT2D eigenvalue weighted by molar-refractivity contribution is -0.123. The Morgan fingerprint density at radius 3 is 2.67 bits per heavy atom. The van der Waals surface area contributed by atoms with Gasteiger partial charge in [0.15, 0.2) is 0 Å². The summed E-state index contributed by atoms with van der Waals surface area (Å²) in [5.74, 6) is 3.83. The van der Waals surface area contributed by atoms with Crippen molar-refractivity contribution in [3.05, 3.63) is 0 Å². The zero-order chi connectivity index (χ0) is 12.7. The molecule has 3 N–H and O–H groups in total. The molecule has 0 aliphatic heterocycles. The molecule has 0 aromatic rings. The van der Waals surface area contributed by atoms with Gasteiger partial charge >= 0.3 is 0 Å². The summed E-state index contributed by atoms with van der Waals surface area (Å²) in [4.78, 5) is 12.1. The van der Waals surface area contributed by atoms with Gasteiger partial charge in [0.2, 0.25) is 5.91 Å². The van der Waals surface area contributed by atoms with Crippen molar-refractivity contribution >= 4 is 5.91 Å². The van der Waals surface area contributed by atoms with E-state index in [-0.39, 0.29) is 11.9 Å². The van der Waals surface area contributed by atoms with Crippen LogP contribution in [0.3, 0.4) is 0 Å². The van der Waals surface area contributed by atoms with Gasteiger partial charge in [0.1, 0.15) is 0 Å². The molecule has 0 saturated heterocycles. The molecule has 3 rings (SSSR count). The van der Waals surface area contributed by atoms with Gasteiger partial charge in [-0.15, -0.1) is 0 Å². The van der Waals surface area contributed by atoms with Gasteiger partial charge in [0, 0.05) is 25.6 Å². The molecular formula is C14H24N2O2. The van der Waals surface area contributed by atoms with Crippen molar-refractivity contribution in [1.29, 1.82) is 0 Å². The van der Waals surface area contributed by atoms with Gasteiger partial charge < -0.3 is 15.8 Å². The molecule has 3 aliphatic carbocycles. The molecule has 0 heterocycles. The number of nitrogens with one attached hydrogen (secondary N) is 1. The van der Waals surface area contributed by atoms with Crippen LogP contribution in [0.5, 0.6) is 0 Å². The predicted molar refractivity (Wildman–Crippen MR) is 68.8 cm³/mol. The first kappa shape index (κ1) is 12.4. The first-order valence-corrected chi connectivity index (χ1v) is 7.24. The highest BCUT2D eigenvalue weighted by atomic mass is 16.5. The highest BCUT2D eigenvalue weighted by Crippen LogP contribution is 2.69. The van der Waals surface area contributed by atoms with E-state index in [9.17, 15) is 4.79 Å². The van der Waals surface area contributed by atoms with Crippen LogP contribution in [-0.2, 0) is 9.53 Å². The molecule has 102 valence electrons. The van der Waals surface area contributed by atoms with Crippen molar-refractivity contribution in [2.24, 2.45) is 35.3 Å². The third-order valence-electron chi connectivity index (χ3n) is 5.23. The second kappa shape index (κ2) is 4.82. The fraction of sp³-hybridized carbons (Fsp3) is 0.929. The molecule has 5 unspecified atom stereocenters. The minimum Gasteiger partial charge on any atom is -0.383 e. The Morgan fingerprint density at radius 2 is 2.06 bits per heavy atom. The molecular weight excluding hydrogens is 228 g/mol. The Kier molecular flexibility index (Phi) is 3.32. The zero-order valence-electron chi connectivity index (χ0n) is 11.1. The van der Waals surface area contributed by atoms with Crippen LogP contribution in [0.4, 0.5) is 0 Å². The van der Waals surface area contributed by atoms with Crippen LogP contribution < -0.4 is 11.1 Å². The molecule has 0 radical (unpaired) electrons. The molecule has 5 atom stereocenters. The molecule has 4 nitrogen and oxygen atoms in total. The van der Waals surface area contributed by atoms with Crippen LogP contribution in [-0.4, -0.2) is 32.2 Å². The number of hydrogen-bond donors (Lipinski definition) is 2. The Hall–Kier alpha value is -0.610. The highest BCUT2D eigenvalue weighted by molar-refractivity contribution is 5.82. The standard InChI is InChI=1S/C14H24N2O2/c1-18-7-10(15)4-5-16-14(17)13-11-8-2-3-9(6-8)12(11)13/h8-13H,2-7,15H2,1H3,(H,16,17). The number of amides is 1. The van der Waals surface area contributed by atoms with Gasteiger partial charge in [-0.2, -0.15) is 0 Å². The van der Waals surface area contributed by atoms with Gasteiger partial charge in [-0.1, -0.05) is 0 Å². The number of methoxy groups -OCH3 is 1. The number of hydrogen-bond acceptors (Lipinski definition) is 3. The van der Waals surface area contributed by atoms with Gasteiger partial charge in [0.25, 0.3) is 0 Å². The lowest BCUT2D eigenvalue weighted by atomic mass is 10.0. The number of nitrogens with two attached hydrogens (primary N) is 1. The quantitative estimate of drug-likeness (QED) is 0.733. The van der Waals surface area contributed by atoms with Crippen LogP contribution in [0.15, 0.2) is 0 Å². The SMILES string of the molecule is COCC(N)CCNC(=O)C1C2C3CCC(C3)C12. The maximum atomic E-state index is 12.1. The molecule has 4 heteroatoms. The first-order valence-electron chi connectivity index (χ1n) is 7.24. The minimum absolute atomic E-state index is 0.0326.